The average Bonchev–Trinajstić information content (AvgIpc) is 3.09. The lowest BCUT2D eigenvalue weighted by atomic mass is 9.81. The number of H-pyrrole nitrogens is 1. The van der Waals surface area contributed by atoms with Crippen LogP contribution in [0.3, 0.4) is 0 Å². The van der Waals surface area contributed by atoms with Crippen molar-refractivity contribution in [2.45, 2.75) is 23.8 Å². The van der Waals surface area contributed by atoms with Gasteiger partial charge < -0.3 is 14.6 Å². The third-order valence-corrected chi connectivity index (χ3v) is 6.05. The highest BCUT2D eigenvalue weighted by atomic mass is 32.2. The van der Waals surface area contributed by atoms with Gasteiger partial charge in [-0.15, -0.1) is 11.8 Å². The number of nitrogens with one attached hydrogen (secondary N) is 1. The number of methoxy groups -OCH3 is 1. The molecule has 0 atom stereocenters. The molecule has 0 bridgehead atoms. The molecule has 130 valence electrons. The van der Waals surface area contributed by atoms with Gasteiger partial charge in [0, 0.05) is 42.2 Å². The number of anilines is 1. The normalized spacial score (nSPS) is 19.6. The van der Waals surface area contributed by atoms with Crippen LogP contribution in [0, 0.1) is 5.92 Å². The van der Waals surface area contributed by atoms with Crippen molar-refractivity contribution in [3.8, 4) is 5.88 Å². The molecule has 0 spiro atoms. The molecule has 0 unspecified atom stereocenters. The lowest BCUT2D eigenvalue weighted by Gasteiger charge is -2.41. The van der Waals surface area contributed by atoms with Crippen LogP contribution in [0.1, 0.15) is 12.8 Å². The summed E-state index contributed by atoms with van der Waals surface area (Å²) in [5.41, 5.74) is 0.898. The number of pyridine rings is 1. The summed E-state index contributed by atoms with van der Waals surface area (Å²) in [5, 5.41) is 1.09. The van der Waals surface area contributed by atoms with E-state index in [0.29, 0.717) is 11.9 Å². The monoisotopic (exact) mass is 355 g/mol. The number of rotatable bonds is 6. The van der Waals surface area contributed by atoms with E-state index in [9.17, 15) is 0 Å². The van der Waals surface area contributed by atoms with Crippen molar-refractivity contribution in [1.82, 2.24) is 19.9 Å². The number of nitrogens with zero attached hydrogens (tertiary/aromatic N) is 4. The molecule has 0 saturated heterocycles. The van der Waals surface area contributed by atoms with Crippen LogP contribution < -0.4 is 9.64 Å². The quantitative estimate of drug-likeness (QED) is 0.684. The van der Waals surface area contributed by atoms with Gasteiger partial charge >= 0.3 is 0 Å². The fourth-order valence-corrected chi connectivity index (χ4v) is 4.31. The van der Waals surface area contributed by atoms with Gasteiger partial charge in [0.15, 0.2) is 0 Å². The van der Waals surface area contributed by atoms with Gasteiger partial charge in [-0.1, -0.05) is 0 Å². The summed E-state index contributed by atoms with van der Waals surface area (Å²) in [6.07, 6.45) is 7.74. The predicted octanol–water partition coefficient (Wildman–Crippen LogP) is 3.37. The molecule has 6 nitrogen and oxygen atoms in total. The summed E-state index contributed by atoms with van der Waals surface area (Å²) < 4.78 is 5.18. The first kappa shape index (κ1) is 16.2. The lowest BCUT2D eigenvalue weighted by Crippen LogP contribution is -2.43. The molecule has 4 rings (SSSR count). The van der Waals surface area contributed by atoms with Gasteiger partial charge in [0.2, 0.25) is 5.88 Å². The number of aromatic nitrogens is 4. The molecule has 1 saturated carbocycles. The van der Waals surface area contributed by atoms with Crippen molar-refractivity contribution < 1.29 is 4.74 Å². The Bertz CT molecular complexity index is 861. The van der Waals surface area contributed by atoms with E-state index in [-0.39, 0.29) is 0 Å². The first-order chi connectivity index (χ1) is 12.2. The third-order valence-electron chi connectivity index (χ3n) is 4.83. The second kappa shape index (κ2) is 6.92. The molecule has 0 radical (unpaired) electrons. The first-order valence-electron chi connectivity index (χ1n) is 8.38. The van der Waals surface area contributed by atoms with Crippen LogP contribution in [-0.2, 0) is 0 Å². The Hall–Kier alpha value is -2.28. The molecular weight excluding hydrogens is 334 g/mol. The molecule has 1 N–H and O–H groups in total. The van der Waals surface area contributed by atoms with Crippen molar-refractivity contribution in [2.75, 3.05) is 24.8 Å². The third kappa shape index (κ3) is 3.28. The van der Waals surface area contributed by atoms with E-state index >= 15 is 0 Å². The van der Waals surface area contributed by atoms with Crippen LogP contribution in [0.25, 0.3) is 11.0 Å². The van der Waals surface area contributed by atoms with Crippen LogP contribution in [-0.4, -0.2) is 45.9 Å². The maximum absolute atomic E-state index is 5.18. The average molecular weight is 355 g/mol. The summed E-state index contributed by atoms with van der Waals surface area (Å²) in [4.78, 5) is 19.6. The summed E-state index contributed by atoms with van der Waals surface area (Å²) in [7, 11) is 3.79. The highest BCUT2D eigenvalue weighted by Gasteiger charge is 2.33. The van der Waals surface area contributed by atoms with Crippen LogP contribution in [0.2, 0.25) is 0 Å². The molecule has 1 aliphatic rings. The number of hydrogen-bond donors (Lipinski definition) is 1. The Labute approximate surface area is 151 Å². The van der Waals surface area contributed by atoms with Gasteiger partial charge in [-0.2, -0.15) is 0 Å². The molecule has 0 amide bonds. The lowest BCUT2D eigenvalue weighted by molar-refractivity contribution is 0.286. The minimum absolute atomic E-state index is 0.547. The smallest absolute Gasteiger partial charge is 0.214 e. The van der Waals surface area contributed by atoms with E-state index in [2.05, 4.69) is 31.9 Å². The van der Waals surface area contributed by atoms with Gasteiger partial charge in [-0.3, -0.25) is 0 Å². The fourth-order valence-electron chi connectivity index (χ4n) is 3.27. The molecule has 7 heteroatoms. The fraction of sp³-hybridized carbons (Fsp3) is 0.389. The van der Waals surface area contributed by atoms with E-state index in [1.807, 2.05) is 36.2 Å². The van der Waals surface area contributed by atoms with Gasteiger partial charge in [0.25, 0.3) is 0 Å². The van der Waals surface area contributed by atoms with Crippen LogP contribution in [0.5, 0.6) is 5.88 Å². The standard InChI is InChI=1S/C18H21N5OS/c1-23(18-15-4-6-20-17(15)21-11-22-18)13-7-12(8-13)10-25-14-3-5-19-16(9-14)24-2/h3-6,9,11-13H,7-8,10H2,1-2H3,(H,20,21,22). The van der Waals surface area contributed by atoms with Crippen molar-refractivity contribution in [1.29, 1.82) is 0 Å². The second-order valence-corrected chi connectivity index (χ2v) is 7.48. The molecule has 3 aromatic heterocycles. The van der Waals surface area contributed by atoms with E-state index in [1.165, 1.54) is 17.7 Å². The van der Waals surface area contributed by atoms with Crippen LogP contribution >= 0.6 is 11.8 Å². The number of fused-ring (bicyclic) bond motifs is 1. The Kier molecular flexibility index (Phi) is 4.48. The molecular formula is C18H21N5OS. The summed E-state index contributed by atoms with van der Waals surface area (Å²) in [5.74, 6) is 3.55. The van der Waals surface area contributed by atoms with E-state index in [4.69, 9.17) is 4.74 Å². The molecule has 1 fully saturated rings. The molecule has 0 aliphatic heterocycles. The Morgan fingerprint density at radius 2 is 2.16 bits per heavy atom. The number of hydrogen-bond acceptors (Lipinski definition) is 6. The topological polar surface area (TPSA) is 66.9 Å². The molecule has 3 aromatic rings. The predicted molar refractivity (Wildman–Crippen MR) is 100 cm³/mol. The zero-order chi connectivity index (χ0) is 17.2. The molecule has 0 aromatic carbocycles. The maximum Gasteiger partial charge on any atom is 0.214 e. The highest BCUT2D eigenvalue weighted by molar-refractivity contribution is 7.99. The second-order valence-electron chi connectivity index (χ2n) is 6.38. The summed E-state index contributed by atoms with van der Waals surface area (Å²) >= 11 is 1.88. The number of aromatic amines is 1. The van der Waals surface area contributed by atoms with Gasteiger partial charge in [-0.25, -0.2) is 15.0 Å². The zero-order valence-electron chi connectivity index (χ0n) is 14.3. The Balaban J connectivity index is 1.33. The minimum atomic E-state index is 0.547. The number of thioether (sulfide) groups is 1. The SMILES string of the molecule is COc1cc(SCC2CC(N(C)c3ncnc4[nH]ccc34)C2)ccn1. The highest BCUT2D eigenvalue weighted by Crippen LogP contribution is 2.38. The minimum Gasteiger partial charge on any atom is -0.481 e. The van der Waals surface area contributed by atoms with E-state index in [1.54, 1.807) is 19.6 Å². The summed E-state index contributed by atoms with van der Waals surface area (Å²) in [6.45, 7) is 0. The van der Waals surface area contributed by atoms with Gasteiger partial charge in [-0.05, 0) is 30.9 Å². The Morgan fingerprint density at radius 1 is 1.28 bits per heavy atom. The Morgan fingerprint density at radius 3 is 3.00 bits per heavy atom. The van der Waals surface area contributed by atoms with Gasteiger partial charge in [0.1, 0.15) is 17.8 Å². The van der Waals surface area contributed by atoms with Crippen LogP contribution in [0.4, 0.5) is 5.82 Å². The zero-order valence-corrected chi connectivity index (χ0v) is 15.2. The molecule has 3 heterocycles. The maximum atomic E-state index is 5.18. The largest absolute Gasteiger partial charge is 0.481 e. The summed E-state index contributed by atoms with van der Waals surface area (Å²) in [6, 6.07) is 6.63. The van der Waals surface area contributed by atoms with Crippen molar-refractivity contribution >= 4 is 28.6 Å². The first-order valence-corrected chi connectivity index (χ1v) is 9.37. The van der Waals surface area contributed by atoms with Crippen molar-refractivity contribution in [3.05, 3.63) is 36.9 Å². The van der Waals surface area contributed by atoms with E-state index < -0.39 is 0 Å². The van der Waals surface area contributed by atoms with Crippen molar-refractivity contribution in [2.24, 2.45) is 5.92 Å². The van der Waals surface area contributed by atoms with Crippen molar-refractivity contribution in [3.63, 3.8) is 0 Å². The van der Waals surface area contributed by atoms with Gasteiger partial charge in [0.05, 0.1) is 12.5 Å². The van der Waals surface area contributed by atoms with Crippen LogP contribution in [0.15, 0.2) is 41.8 Å². The van der Waals surface area contributed by atoms with E-state index in [0.717, 1.165) is 28.5 Å². The molecule has 1 aliphatic carbocycles. The number of ether oxygens (including phenoxy) is 1. The molecule has 25 heavy (non-hydrogen) atoms.